The maximum atomic E-state index is 5.93. The van der Waals surface area contributed by atoms with Crippen molar-refractivity contribution in [1.82, 2.24) is 10.1 Å². The summed E-state index contributed by atoms with van der Waals surface area (Å²) in [5.74, 6) is 2.14. The van der Waals surface area contributed by atoms with Gasteiger partial charge in [-0.25, -0.2) is 0 Å². The van der Waals surface area contributed by atoms with Crippen LogP contribution in [0.15, 0.2) is 58.0 Å². The molecule has 0 atom stereocenters. The van der Waals surface area contributed by atoms with Gasteiger partial charge in [0.05, 0.1) is 12.6 Å². The number of ether oxygens (including phenoxy) is 1. The van der Waals surface area contributed by atoms with E-state index in [2.05, 4.69) is 20.4 Å². The van der Waals surface area contributed by atoms with Gasteiger partial charge in [-0.3, -0.25) is 4.99 Å². The number of guanidine groups is 1. The van der Waals surface area contributed by atoms with Gasteiger partial charge in [0.15, 0.2) is 5.96 Å². The normalized spacial score (nSPS) is 11.2. The summed E-state index contributed by atoms with van der Waals surface area (Å²) in [4.78, 5) is 8.64. The second-order valence-corrected chi connectivity index (χ2v) is 6.79. The highest BCUT2D eigenvalue weighted by Gasteiger charge is 2.08. The number of nitrogens with zero attached hydrogens (tertiary/aromatic N) is 3. The van der Waals surface area contributed by atoms with E-state index in [0.717, 1.165) is 17.0 Å². The van der Waals surface area contributed by atoms with Gasteiger partial charge < -0.3 is 20.3 Å². The van der Waals surface area contributed by atoms with Gasteiger partial charge in [-0.05, 0) is 62.4 Å². The van der Waals surface area contributed by atoms with Crippen LogP contribution in [0.4, 0.5) is 5.69 Å². The predicted octanol–water partition coefficient (Wildman–Crippen LogP) is 4.76. The topological polar surface area (TPSA) is 98.6 Å². The van der Waals surface area contributed by atoms with E-state index in [1.54, 1.807) is 12.1 Å². The first kappa shape index (κ1) is 23.0. The minimum absolute atomic E-state index is 0. The van der Waals surface area contributed by atoms with Gasteiger partial charge in [-0.1, -0.05) is 16.8 Å². The van der Waals surface area contributed by atoms with Crippen molar-refractivity contribution in [1.29, 1.82) is 0 Å². The van der Waals surface area contributed by atoms with Crippen LogP contribution >= 0.6 is 35.6 Å². The van der Waals surface area contributed by atoms with Crippen molar-refractivity contribution in [3.05, 3.63) is 59.4 Å². The summed E-state index contributed by atoms with van der Waals surface area (Å²) in [7, 11) is 0. The molecule has 0 bridgehead atoms. The fraction of sp³-hybridized carbons (Fsp3) is 0.250. The molecule has 0 aliphatic rings. The highest BCUT2D eigenvalue weighted by Crippen LogP contribution is 2.19. The number of nitrogens with one attached hydrogen (secondary N) is 1. The third kappa shape index (κ3) is 7.21. The fourth-order valence-electron chi connectivity index (χ4n) is 2.42. The minimum atomic E-state index is 0. The van der Waals surface area contributed by atoms with Gasteiger partial charge in [-0.15, -0.1) is 24.0 Å². The summed E-state index contributed by atoms with van der Waals surface area (Å²) in [6.45, 7) is 4.40. The van der Waals surface area contributed by atoms with Crippen molar-refractivity contribution in [2.75, 3.05) is 11.9 Å². The molecule has 0 saturated heterocycles. The Morgan fingerprint density at radius 1 is 1.17 bits per heavy atom. The molecule has 0 fully saturated rings. The number of halogens is 2. The zero-order valence-corrected chi connectivity index (χ0v) is 19.2. The molecule has 3 rings (SSSR count). The molecule has 1 aromatic heterocycles. The predicted molar refractivity (Wildman–Crippen MR) is 126 cm³/mol. The number of hydrogen-bond donors (Lipinski definition) is 2. The number of nitrogens with two attached hydrogens (primary N) is 1. The second kappa shape index (κ2) is 11.0. The molecular weight excluding hydrogens is 505 g/mol. The van der Waals surface area contributed by atoms with E-state index in [9.17, 15) is 0 Å². The lowest BCUT2D eigenvalue weighted by Gasteiger charge is -2.10. The molecule has 0 unspecified atom stereocenters. The first-order valence-electron chi connectivity index (χ1n) is 8.92. The van der Waals surface area contributed by atoms with E-state index >= 15 is 0 Å². The molecule has 154 valence electrons. The second-order valence-electron chi connectivity index (χ2n) is 6.35. The Balaban J connectivity index is 0.00000300. The summed E-state index contributed by atoms with van der Waals surface area (Å²) < 4.78 is 10.9. The number of aliphatic imine (C=N–C) groups is 1. The smallest absolute Gasteiger partial charge is 0.228 e. The van der Waals surface area contributed by atoms with Gasteiger partial charge in [-0.2, -0.15) is 4.98 Å². The zero-order valence-electron chi connectivity index (χ0n) is 16.1. The Kier molecular flexibility index (Phi) is 8.71. The molecular formula is C20H23ClIN5O2. The maximum Gasteiger partial charge on any atom is 0.228 e. The van der Waals surface area contributed by atoms with Crippen LogP contribution in [0, 0.1) is 0 Å². The molecule has 0 aliphatic heterocycles. The lowest BCUT2D eigenvalue weighted by molar-refractivity contribution is 0.242. The molecule has 3 aromatic rings. The average Bonchev–Trinajstić information content (AvgIpc) is 3.12. The Morgan fingerprint density at radius 3 is 2.52 bits per heavy atom. The molecule has 0 saturated carbocycles. The highest BCUT2D eigenvalue weighted by atomic mass is 127. The summed E-state index contributed by atoms with van der Waals surface area (Å²) in [6, 6.07) is 14.8. The summed E-state index contributed by atoms with van der Waals surface area (Å²) in [5, 5.41) is 7.67. The van der Waals surface area contributed by atoms with Crippen molar-refractivity contribution >= 4 is 47.2 Å². The van der Waals surface area contributed by atoms with Gasteiger partial charge >= 0.3 is 0 Å². The number of rotatable bonds is 7. The van der Waals surface area contributed by atoms with Crippen molar-refractivity contribution in [3.8, 4) is 17.1 Å². The Bertz CT molecular complexity index is 927. The zero-order chi connectivity index (χ0) is 19.9. The molecule has 9 heteroatoms. The Hall–Kier alpha value is -2.33. The molecule has 3 N–H and O–H groups in total. The summed E-state index contributed by atoms with van der Waals surface area (Å²) >= 11 is 5.89. The van der Waals surface area contributed by atoms with Crippen molar-refractivity contribution in [2.24, 2.45) is 10.7 Å². The van der Waals surface area contributed by atoms with Crippen LogP contribution in [0.2, 0.25) is 5.02 Å². The standard InChI is InChI=1S/C20H22ClN5O2.HI/c1-13(2)27-17-9-7-16(8-10-17)24-20(22)23-12-11-18-25-19(26-28-18)14-3-5-15(21)6-4-14;/h3-10,13H,11-12H2,1-2H3,(H3,22,23,24);1H. The first-order chi connectivity index (χ1) is 13.5. The first-order valence-corrected chi connectivity index (χ1v) is 9.29. The Labute approximate surface area is 191 Å². The van der Waals surface area contributed by atoms with Crippen molar-refractivity contribution in [2.45, 2.75) is 26.4 Å². The SMILES string of the molecule is CC(C)Oc1ccc(NC(N)=NCCc2nc(-c3ccc(Cl)cc3)no2)cc1.I. The van der Waals surface area contributed by atoms with Crippen LogP contribution in [0.3, 0.4) is 0 Å². The number of aromatic nitrogens is 2. The van der Waals surface area contributed by atoms with Crippen LogP contribution < -0.4 is 15.8 Å². The third-order valence-corrected chi connectivity index (χ3v) is 3.93. The molecule has 1 heterocycles. The molecule has 0 amide bonds. The summed E-state index contributed by atoms with van der Waals surface area (Å²) in [5.41, 5.74) is 7.60. The molecule has 2 aromatic carbocycles. The van der Waals surface area contributed by atoms with E-state index < -0.39 is 0 Å². The lowest BCUT2D eigenvalue weighted by Crippen LogP contribution is -2.23. The molecule has 7 nitrogen and oxygen atoms in total. The Morgan fingerprint density at radius 2 is 1.86 bits per heavy atom. The highest BCUT2D eigenvalue weighted by molar-refractivity contribution is 14.0. The maximum absolute atomic E-state index is 5.93. The fourth-order valence-corrected chi connectivity index (χ4v) is 2.55. The van der Waals surface area contributed by atoms with Crippen molar-refractivity contribution < 1.29 is 9.26 Å². The summed E-state index contributed by atoms with van der Waals surface area (Å²) in [6.07, 6.45) is 0.625. The van der Waals surface area contributed by atoms with Gasteiger partial charge in [0.1, 0.15) is 5.75 Å². The van der Waals surface area contributed by atoms with Gasteiger partial charge in [0.25, 0.3) is 0 Å². The van der Waals surface area contributed by atoms with Crippen molar-refractivity contribution in [3.63, 3.8) is 0 Å². The minimum Gasteiger partial charge on any atom is -0.491 e. The monoisotopic (exact) mass is 527 g/mol. The molecule has 29 heavy (non-hydrogen) atoms. The van der Waals surface area contributed by atoms with E-state index in [1.165, 1.54) is 0 Å². The van der Waals surface area contributed by atoms with Crippen LogP contribution in [-0.2, 0) is 6.42 Å². The molecule has 0 aliphatic carbocycles. The lowest BCUT2D eigenvalue weighted by atomic mass is 10.2. The van der Waals surface area contributed by atoms with Crippen LogP contribution in [0.25, 0.3) is 11.4 Å². The van der Waals surface area contributed by atoms with Crippen LogP contribution in [-0.4, -0.2) is 28.7 Å². The molecule has 0 radical (unpaired) electrons. The van der Waals surface area contributed by atoms with E-state index in [4.69, 9.17) is 26.6 Å². The van der Waals surface area contributed by atoms with Crippen LogP contribution in [0.1, 0.15) is 19.7 Å². The van der Waals surface area contributed by atoms with E-state index in [-0.39, 0.29) is 30.1 Å². The number of hydrogen-bond acceptors (Lipinski definition) is 5. The quantitative estimate of drug-likeness (QED) is 0.261. The van der Waals surface area contributed by atoms with Gasteiger partial charge in [0.2, 0.25) is 11.7 Å². The van der Waals surface area contributed by atoms with Crippen LogP contribution in [0.5, 0.6) is 5.75 Å². The molecule has 0 spiro atoms. The number of anilines is 1. The van der Waals surface area contributed by atoms with E-state index in [1.807, 2.05) is 50.2 Å². The average molecular weight is 528 g/mol. The largest absolute Gasteiger partial charge is 0.491 e. The third-order valence-electron chi connectivity index (χ3n) is 3.68. The van der Waals surface area contributed by atoms with Gasteiger partial charge in [0, 0.05) is 22.7 Å². The number of benzene rings is 2. The van der Waals surface area contributed by atoms with E-state index in [0.29, 0.717) is 35.7 Å².